The van der Waals surface area contributed by atoms with E-state index in [1.54, 1.807) is 0 Å². The van der Waals surface area contributed by atoms with Gasteiger partial charge in [0.05, 0.1) is 0 Å². The van der Waals surface area contributed by atoms with Gasteiger partial charge in [0, 0.05) is 0 Å². The summed E-state index contributed by atoms with van der Waals surface area (Å²) in [7, 11) is -5.69. The predicted octanol–water partition coefficient (Wildman–Crippen LogP) is 7.18. The third kappa shape index (κ3) is 6.76. The van der Waals surface area contributed by atoms with Crippen LogP contribution < -0.4 is 25.9 Å². The minimum Gasteiger partial charge on any atom is -0.439 e. The molecule has 0 spiro atoms. The van der Waals surface area contributed by atoms with Crippen LogP contribution in [0.1, 0.15) is 51.9 Å². The van der Waals surface area contributed by atoms with Crippen molar-refractivity contribution in [1.29, 1.82) is 0 Å². The summed E-state index contributed by atoms with van der Waals surface area (Å²) in [6, 6.07) is 56.7. The third-order valence-corrected chi connectivity index (χ3v) is 18.1. The molecule has 1 nitrogen and oxygen atoms in total. The van der Waals surface area contributed by atoms with Crippen LogP contribution in [0, 0.1) is 0 Å². The van der Waals surface area contributed by atoms with Gasteiger partial charge in [0.25, 0.3) is 8.32 Å². The third-order valence-electron chi connectivity index (χ3n) is 8.48. The van der Waals surface area contributed by atoms with Crippen LogP contribution in [0.4, 0.5) is 0 Å². The maximum absolute atomic E-state index is 8.28. The molecule has 0 aliphatic rings. The van der Waals surface area contributed by atoms with E-state index in [0.717, 1.165) is 6.04 Å². The Morgan fingerprint density at radius 1 is 0.381 bits per heavy atom. The Kier molecular flexibility index (Phi) is 10.8. The molecule has 0 unspecified atom stereocenters. The van der Waals surface area contributed by atoms with Crippen LogP contribution in [0.2, 0.25) is 6.04 Å². The van der Waals surface area contributed by atoms with Gasteiger partial charge in [-0.25, -0.2) is 0 Å². The normalized spacial score (nSPS) is 11.8. The number of benzene rings is 5. The molecule has 0 fully saturated rings. The highest BCUT2D eigenvalue weighted by Gasteiger charge is 2.51. The van der Waals surface area contributed by atoms with E-state index in [-0.39, 0.29) is 0 Å². The van der Waals surface area contributed by atoms with Crippen molar-refractivity contribution < 1.29 is 4.12 Å². The quantitative estimate of drug-likeness (QED) is 0.0720. The second-order valence-corrected chi connectivity index (χ2v) is 18.5. The first-order valence-corrected chi connectivity index (χ1v) is 19.8. The average molecular weight is 585 g/mol. The van der Waals surface area contributed by atoms with Gasteiger partial charge < -0.3 is 4.12 Å². The first kappa shape index (κ1) is 30.0. The van der Waals surface area contributed by atoms with E-state index in [1.165, 1.54) is 70.9 Å². The molecular formula is C39H44OSi2. The second kappa shape index (κ2) is 15.1. The molecule has 5 rings (SSSR count). The highest BCUT2D eigenvalue weighted by molar-refractivity contribution is 7.14. The lowest BCUT2D eigenvalue weighted by Crippen LogP contribution is -2.77. The first-order chi connectivity index (χ1) is 20.8. The van der Waals surface area contributed by atoms with Gasteiger partial charge in [0.2, 0.25) is 8.32 Å². The van der Waals surface area contributed by atoms with E-state index >= 15 is 0 Å². The molecule has 3 heteroatoms. The van der Waals surface area contributed by atoms with Crippen LogP contribution in [-0.4, -0.2) is 16.6 Å². The lowest BCUT2D eigenvalue weighted by atomic mass is 10.1. The van der Waals surface area contributed by atoms with E-state index in [1.807, 2.05) is 0 Å². The molecule has 0 amide bonds. The van der Waals surface area contributed by atoms with Crippen LogP contribution in [-0.2, 0) is 4.12 Å². The summed E-state index contributed by atoms with van der Waals surface area (Å²) in [4.78, 5) is 0. The van der Waals surface area contributed by atoms with Crippen molar-refractivity contribution in [3.8, 4) is 0 Å². The van der Waals surface area contributed by atoms with Crippen LogP contribution in [0.3, 0.4) is 0 Å². The Hall–Kier alpha value is -3.51. The largest absolute Gasteiger partial charge is 0.439 e. The Bertz CT molecular complexity index is 1310. The van der Waals surface area contributed by atoms with Gasteiger partial charge in [0.1, 0.15) is 0 Å². The molecular weight excluding hydrogens is 541 g/mol. The van der Waals surface area contributed by atoms with Crippen LogP contribution >= 0.6 is 0 Å². The summed E-state index contributed by atoms with van der Waals surface area (Å²) >= 11 is 0. The molecule has 0 aliphatic carbocycles. The van der Waals surface area contributed by atoms with Crippen LogP contribution in [0.5, 0.6) is 0 Å². The molecule has 0 N–H and O–H groups in total. The second-order valence-electron chi connectivity index (χ2n) is 11.3. The number of rotatable bonds is 15. The molecule has 0 aliphatic heterocycles. The molecule has 0 bridgehead atoms. The predicted molar refractivity (Wildman–Crippen MR) is 186 cm³/mol. The highest BCUT2D eigenvalue weighted by atomic mass is 28.4. The fourth-order valence-corrected chi connectivity index (χ4v) is 17.3. The van der Waals surface area contributed by atoms with Crippen molar-refractivity contribution in [3.63, 3.8) is 0 Å². The van der Waals surface area contributed by atoms with Crippen LogP contribution in [0.25, 0.3) is 0 Å². The molecule has 5 aromatic carbocycles. The average Bonchev–Trinajstić information content (AvgIpc) is 3.08. The van der Waals surface area contributed by atoms with Crippen molar-refractivity contribution in [2.45, 2.75) is 57.9 Å². The van der Waals surface area contributed by atoms with Crippen molar-refractivity contribution in [1.82, 2.24) is 0 Å². The van der Waals surface area contributed by atoms with Crippen molar-refractivity contribution >= 4 is 42.6 Å². The fourth-order valence-electron chi connectivity index (χ4n) is 6.33. The molecule has 0 heterocycles. The summed E-state index contributed by atoms with van der Waals surface area (Å²) in [5.74, 6) is 0. The summed E-state index contributed by atoms with van der Waals surface area (Å²) in [6.07, 6.45) is 9.03. The topological polar surface area (TPSA) is 9.23 Å². The number of hydrogen-bond acceptors (Lipinski definition) is 1. The van der Waals surface area contributed by atoms with E-state index in [4.69, 9.17) is 4.12 Å². The zero-order valence-corrected chi connectivity index (χ0v) is 27.0. The standard InChI is InChI=1S/C39H44OSi2/c1-2-3-4-5-6-7-23-34-41(35-24-13-8-14-25-35,36-26-15-9-16-27-36)40-42(37-28-17-10-18-29-37,38-30-19-11-20-31-38)39-32-21-12-22-33-39/h8-22,24-33H,2-7,23,34H2,1H3. The molecule has 214 valence electrons. The maximum atomic E-state index is 8.28. The zero-order chi connectivity index (χ0) is 28.9. The monoisotopic (exact) mass is 584 g/mol. The fraction of sp³-hybridized carbons (Fsp3) is 0.231. The van der Waals surface area contributed by atoms with E-state index in [9.17, 15) is 0 Å². The lowest BCUT2D eigenvalue weighted by molar-refractivity contribution is 0.562. The minimum absolute atomic E-state index is 1.07. The molecule has 5 aromatic rings. The Balaban J connectivity index is 1.71. The van der Waals surface area contributed by atoms with Crippen molar-refractivity contribution in [2.75, 3.05) is 0 Å². The number of hydrogen-bond donors (Lipinski definition) is 0. The number of unbranched alkanes of at least 4 members (excludes halogenated alkanes) is 6. The summed E-state index contributed by atoms with van der Waals surface area (Å²) in [5.41, 5.74) is 0. The SMILES string of the molecule is CCCCCCCCC[Si](O[Si](c1ccccc1)(c1ccccc1)c1ccccc1)(c1ccccc1)c1ccccc1. The maximum Gasteiger partial charge on any atom is 0.278 e. The molecule has 0 saturated carbocycles. The van der Waals surface area contributed by atoms with Gasteiger partial charge in [-0.3, -0.25) is 0 Å². The Labute approximate surface area is 255 Å². The Morgan fingerprint density at radius 3 is 1.05 bits per heavy atom. The molecule has 0 radical (unpaired) electrons. The van der Waals surface area contributed by atoms with E-state index in [0.29, 0.717) is 0 Å². The van der Waals surface area contributed by atoms with Gasteiger partial charge in [-0.15, -0.1) is 0 Å². The minimum atomic E-state index is -2.95. The van der Waals surface area contributed by atoms with Gasteiger partial charge in [-0.2, -0.15) is 0 Å². The Morgan fingerprint density at radius 2 is 0.690 bits per heavy atom. The van der Waals surface area contributed by atoms with Gasteiger partial charge >= 0.3 is 0 Å². The van der Waals surface area contributed by atoms with E-state index in [2.05, 4.69) is 159 Å². The van der Waals surface area contributed by atoms with Gasteiger partial charge in [0.15, 0.2) is 0 Å². The summed E-state index contributed by atoms with van der Waals surface area (Å²) in [6.45, 7) is 2.29. The lowest BCUT2D eigenvalue weighted by Gasteiger charge is -2.44. The van der Waals surface area contributed by atoms with E-state index < -0.39 is 16.6 Å². The van der Waals surface area contributed by atoms with Crippen molar-refractivity contribution in [2.24, 2.45) is 0 Å². The molecule has 0 atom stereocenters. The van der Waals surface area contributed by atoms with Crippen LogP contribution in [0.15, 0.2) is 152 Å². The van der Waals surface area contributed by atoms with Gasteiger partial charge in [-0.1, -0.05) is 204 Å². The smallest absolute Gasteiger partial charge is 0.278 e. The van der Waals surface area contributed by atoms with Gasteiger partial charge in [-0.05, 0) is 32.0 Å². The molecule has 0 saturated heterocycles. The first-order valence-electron chi connectivity index (χ1n) is 15.8. The zero-order valence-electron chi connectivity index (χ0n) is 25.0. The summed E-state index contributed by atoms with van der Waals surface area (Å²) < 4.78 is 8.28. The molecule has 42 heavy (non-hydrogen) atoms. The summed E-state index contributed by atoms with van der Waals surface area (Å²) in [5, 5.41) is 6.62. The van der Waals surface area contributed by atoms with Crippen molar-refractivity contribution in [3.05, 3.63) is 152 Å². The molecule has 0 aromatic heterocycles. The highest BCUT2D eigenvalue weighted by Crippen LogP contribution is 2.24.